The lowest BCUT2D eigenvalue weighted by molar-refractivity contribution is -0.137. The van der Waals surface area contributed by atoms with Crippen LogP contribution in [0.2, 0.25) is 0 Å². The topological polar surface area (TPSA) is 63.7 Å². The van der Waals surface area contributed by atoms with Crippen molar-refractivity contribution in [2.24, 2.45) is 5.92 Å². The van der Waals surface area contributed by atoms with Gasteiger partial charge in [0.15, 0.2) is 5.78 Å². The number of alkyl halides is 3. The van der Waals surface area contributed by atoms with Gasteiger partial charge in [-0.15, -0.1) is 0 Å². The molecule has 0 N–H and O–H groups in total. The van der Waals surface area contributed by atoms with Gasteiger partial charge in [-0.3, -0.25) is 19.3 Å². The average Bonchev–Trinajstić information content (AvgIpc) is 3.09. The monoisotopic (exact) mass is 467 g/mol. The number of halogens is 3. The smallest absolute Gasteiger partial charge is 0.416 e. The molecule has 0 aromatic heterocycles. The number of ketones is 2. The SMILES string of the molecule is COc1ccc(C2C(C(=O)c3ccc(C)cc3)C(=O)C(=O)N2c2cccc(C(F)(F)F)c2)cc1. The van der Waals surface area contributed by atoms with Crippen molar-refractivity contribution in [3.8, 4) is 5.75 Å². The van der Waals surface area contributed by atoms with Crippen molar-refractivity contribution in [2.75, 3.05) is 12.0 Å². The second kappa shape index (κ2) is 8.78. The van der Waals surface area contributed by atoms with Crippen LogP contribution in [-0.2, 0) is 15.8 Å². The van der Waals surface area contributed by atoms with E-state index in [1.54, 1.807) is 48.5 Å². The number of carbonyl (C=O) groups is 3. The Labute approximate surface area is 193 Å². The van der Waals surface area contributed by atoms with Crippen molar-refractivity contribution in [3.05, 3.63) is 95.1 Å². The summed E-state index contributed by atoms with van der Waals surface area (Å²) in [4.78, 5) is 40.6. The first-order valence-electron chi connectivity index (χ1n) is 10.4. The molecule has 3 aromatic rings. The van der Waals surface area contributed by atoms with E-state index < -0.39 is 41.2 Å². The van der Waals surface area contributed by atoms with Crippen molar-refractivity contribution in [1.29, 1.82) is 0 Å². The molecule has 1 aliphatic heterocycles. The molecule has 8 heteroatoms. The fourth-order valence-electron chi connectivity index (χ4n) is 4.08. The summed E-state index contributed by atoms with van der Waals surface area (Å²) in [5.41, 5.74) is 0.479. The molecule has 0 aliphatic carbocycles. The Morgan fingerprint density at radius 1 is 0.941 bits per heavy atom. The van der Waals surface area contributed by atoms with E-state index in [9.17, 15) is 27.6 Å². The Bertz CT molecular complexity index is 1250. The first-order chi connectivity index (χ1) is 16.1. The zero-order valence-electron chi connectivity index (χ0n) is 18.3. The maximum Gasteiger partial charge on any atom is 0.416 e. The van der Waals surface area contributed by atoms with E-state index in [0.717, 1.165) is 28.7 Å². The second-order valence-corrected chi connectivity index (χ2v) is 8.01. The predicted molar refractivity (Wildman–Crippen MR) is 119 cm³/mol. The Balaban J connectivity index is 1.86. The molecular weight excluding hydrogens is 447 g/mol. The minimum Gasteiger partial charge on any atom is -0.497 e. The highest BCUT2D eigenvalue weighted by Gasteiger charge is 2.52. The molecule has 0 bridgehead atoms. The van der Waals surface area contributed by atoms with Gasteiger partial charge in [0.1, 0.15) is 11.7 Å². The largest absolute Gasteiger partial charge is 0.497 e. The van der Waals surface area contributed by atoms with Crippen LogP contribution in [-0.4, -0.2) is 24.6 Å². The summed E-state index contributed by atoms with van der Waals surface area (Å²) < 4.78 is 45.2. The number of hydrogen-bond acceptors (Lipinski definition) is 4. The number of benzene rings is 3. The summed E-state index contributed by atoms with van der Waals surface area (Å²) in [7, 11) is 1.47. The summed E-state index contributed by atoms with van der Waals surface area (Å²) in [5, 5.41) is 0. The normalized spacial score (nSPS) is 18.3. The molecule has 2 unspecified atom stereocenters. The number of ether oxygens (including phenoxy) is 1. The van der Waals surface area contributed by atoms with Crippen LogP contribution < -0.4 is 9.64 Å². The van der Waals surface area contributed by atoms with Gasteiger partial charge in [0, 0.05) is 11.3 Å². The van der Waals surface area contributed by atoms with E-state index in [1.807, 2.05) is 6.92 Å². The highest BCUT2D eigenvalue weighted by atomic mass is 19.4. The number of methoxy groups -OCH3 is 1. The number of hydrogen-bond donors (Lipinski definition) is 0. The van der Waals surface area contributed by atoms with Crippen LogP contribution in [0.1, 0.15) is 33.1 Å². The Morgan fingerprint density at radius 2 is 1.59 bits per heavy atom. The van der Waals surface area contributed by atoms with Gasteiger partial charge in [-0.05, 0) is 42.8 Å². The van der Waals surface area contributed by atoms with Crippen LogP contribution in [0, 0.1) is 12.8 Å². The van der Waals surface area contributed by atoms with Gasteiger partial charge in [-0.2, -0.15) is 13.2 Å². The number of nitrogens with zero attached hydrogens (tertiary/aromatic N) is 1. The molecule has 0 radical (unpaired) electrons. The quantitative estimate of drug-likeness (QED) is 0.295. The van der Waals surface area contributed by atoms with Crippen molar-refractivity contribution in [3.63, 3.8) is 0 Å². The van der Waals surface area contributed by atoms with Crippen LogP contribution in [0.25, 0.3) is 0 Å². The lowest BCUT2D eigenvalue weighted by Gasteiger charge is -2.28. The van der Waals surface area contributed by atoms with E-state index in [-0.39, 0.29) is 11.3 Å². The van der Waals surface area contributed by atoms with Crippen LogP contribution >= 0.6 is 0 Å². The van der Waals surface area contributed by atoms with E-state index in [2.05, 4.69) is 0 Å². The third kappa shape index (κ3) is 4.19. The Morgan fingerprint density at radius 3 is 2.18 bits per heavy atom. The third-order valence-corrected chi connectivity index (χ3v) is 5.83. The highest BCUT2D eigenvalue weighted by molar-refractivity contribution is 6.49. The molecular formula is C26H20F3NO4. The maximum absolute atomic E-state index is 13.4. The Hall–Kier alpha value is -3.94. The van der Waals surface area contributed by atoms with Gasteiger partial charge < -0.3 is 4.74 Å². The van der Waals surface area contributed by atoms with Crippen molar-refractivity contribution in [2.45, 2.75) is 19.1 Å². The van der Waals surface area contributed by atoms with E-state index in [0.29, 0.717) is 11.3 Å². The standard InChI is InChI=1S/C26H20F3NO4/c1-15-6-8-17(9-7-15)23(31)21-22(16-10-12-20(34-2)13-11-16)30(25(33)24(21)32)19-5-3-4-18(14-19)26(27,28)29/h3-14,21-22H,1-2H3. The van der Waals surface area contributed by atoms with Gasteiger partial charge in [0.25, 0.3) is 5.91 Å². The molecule has 1 saturated heterocycles. The Kier molecular flexibility index (Phi) is 6.00. The van der Waals surface area contributed by atoms with E-state index in [1.165, 1.54) is 13.2 Å². The maximum atomic E-state index is 13.4. The molecule has 1 heterocycles. The first kappa shape index (κ1) is 23.2. The van der Waals surface area contributed by atoms with Crippen LogP contribution in [0.15, 0.2) is 72.8 Å². The highest BCUT2D eigenvalue weighted by Crippen LogP contribution is 2.43. The van der Waals surface area contributed by atoms with Crippen molar-refractivity contribution < 1.29 is 32.3 Å². The summed E-state index contributed by atoms with van der Waals surface area (Å²) in [6.07, 6.45) is -4.64. The number of aryl methyl sites for hydroxylation is 1. The molecule has 34 heavy (non-hydrogen) atoms. The number of carbonyl (C=O) groups excluding carboxylic acids is 3. The number of rotatable bonds is 5. The predicted octanol–water partition coefficient (Wildman–Crippen LogP) is 5.18. The zero-order chi connectivity index (χ0) is 24.6. The number of Topliss-reactive ketones (excluding diaryl/α,β-unsaturated/α-hetero) is 2. The van der Waals surface area contributed by atoms with Crippen LogP contribution in [0.4, 0.5) is 18.9 Å². The van der Waals surface area contributed by atoms with Gasteiger partial charge in [0.05, 0.1) is 18.7 Å². The van der Waals surface area contributed by atoms with Gasteiger partial charge >= 0.3 is 6.18 Å². The lowest BCUT2D eigenvalue weighted by Crippen LogP contribution is -2.30. The molecule has 1 aliphatic rings. The number of anilines is 1. The number of amides is 1. The molecule has 0 spiro atoms. The lowest BCUT2D eigenvalue weighted by atomic mass is 9.86. The average molecular weight is 467 g/mol. The molecule has 5 nitrogen and oxygen atoms in total. The zero-order valence-corrected chi connectivity index (χ0v) is 18.3. The molecule has 1 amide bonds. The molecule has 3 aromatic carbocycles. The van der Waals surface area contributed by atoms with Gasteiger partial charge in [-0.25, -0.2) is 0 Å². The van der Waals surface area contributed by atoms with Crippen LogP contribution in [0.3, 0.4) is 0 Å². The molecule has 0 saturated carbocycles. The summed E-state index contributed by atoms with van der Waals surface area (Å²) in [5.74, 6) is -3.49. The summed E-state index contributed by atoms with van der Waals surface area (Å²) in [6, 6.07) is 16.0. The molecule has 174 valence electrons. The van der Waals surface area contributed by atoms with Crippen molar-refractivity contribution in [1.82, 2.24) is 0 Å². The van der Waals surface area contributed by atoms with Gasteiger partial charge in [0.2, 0.25) is 5.78 Å². The molecule has 2 atom stereocenters. The molecule has 1 fully saturated rings. The van der Waals surface area contributed by atoms with E-state index in [4.69, 9.17) is 4.74 Å². The van der Waals surface area contributed by atoms with Crippen LogP contribution in [0.5, 0.6) is 5.75 Å². The summed E-state index contributed by atoms with van der Waals surface area (Å²) in [6.45, 7) is 1.84. The van der Waals surface area contributed by atoms with Gasteiger partial charge in [-0.1, -0.05) is 48.0 Å². The fraction of sp³-hybridized carbons (Fsp3) is 0.192. The minimum atomic E-state index is -4.64. The fourth-order valence-corrected chi connectivity index (χ4v) is 4.08. The second-order valence-electron chi connectivity index (χ2n) is 8.01. The van der Waals surface area contributed by atoms with Crippen molar-refractivity contribution >= 4 is 23.2 Å². The van der Waals surface area contributed by atoms with E-state index >= 15 is 0 Å². The minimum absolute atomic E-state index is 0.117. The summed E-state index contributed by atoms with van der Waals surface area (Å²) >= 11 is 0. The molecule has 4 rings (SSSR count). The first-order valence-corrected chi connectivity index (χ1v) is 10.4. The third-order valence-electron chi connectivity index (χ3n) is 5.83.